The van der Waals surface area contributed by atoms with Crippen molar-refractivity contribution in [2.75, 3.05) is 26.2 Å². The number of nitriles is 2. The summed E-state index contributed by atoms with van der Waals surface area (Å²) in [6.07, 6.45) is 4.08. The Morgan fingerprint density at radius 3 is 2.84 bits per heavy atom. The van der Waals surface area contributed by atoms with Crippen molar-refractivity contribution in [1.82, 2.24) is 14.7 Å². The molecule has 1 aromatic carbocycles. The average Bonchev–Trinajstić information content (AvgIpc) is 3.44. The molecule has 2 N–H and O–H groups in total. The number of amides is 2. The summed E-state index contributed by atoms with van der Waals surface area (Å²) in [4.78, 5) is 31.6. The Hall–Kier alpha value is -2.94. The molecule has 3 unspecified atom stereocenters. The molecule has 0 radical (unpaired) electrons. The van der Waals surface area contributed by atoms with E-state index in [-0.39, 0.29) is 36.5 Å². The quantitative estimate of drug-likeness (QED) is 0.747. The second-order valence-corrected chi connectivity index (χ2v) is 9.06. The number of hydrogen-bond donors (Lipinski definition) is 1. The lowest BCUT2D eigenvalue weighted by atomic mass is 9.99. The lowest BCUT2D eigenvalue weighted by Gasteiger charge is -2.44. The summed E-state index contributed by atoms with van der Waals surface area (Å²) in [7, 11) is 0. The predicted octanol–water partition coefficient (Wildman–Crippen LogP) is 1.31. The van der Waals surface area contributed by atoms with Gasteiger partial charge in [0.2, 0.25) is 11.8 Å². The van der Waals surface area contributed by atoms with E-state index in [1.165, 1.54) is 0 Å². The van der Waals surface area contributed by atoms with Crippen molar-refractivity contribution in [2.45, 2.75) is 63.2 Å². The summed E-state index contributed by atoms with van der Waals surface area (Å²) >= 11 is 0. The van der Waals surface area contributed by atoms with E-state index in [0.29, 0.717) is 31.6 Å². The SMILES string of the molecule is CC[C@H]1CN(CC(N)C(=O)N2CCCC2C#N)CC(=O)N1C1CCc2cc(C#N)ccc21. The van der Waals surface area contributed by atoms with Crippen LogP contribution in [0.25, 0.3) is 0 Å². The third kappa shape index (κ3) is 4.09. The summed E-state index contributed by atoms with van der Waals surface area (Å²) < 4.78 is 0. The van der Waals surface area contributed by atoms with E-state index < -0.39 is 6.04 Å². The molecule has 2 heterocycles. The Morgan fingerprint density at radius 2 is 2.12 bits per heavy atom. The molecular formula is C24H30N6O2. The minimum Gasteiger partial charge on any atom is -0.330 e. The smallest absolute Gasteiger partial charge is 0.241 e. The highest BCUT2D eigenvalue weighted by molar-refractivity contribution is 5.83. The number of fused-ring (bicyclic) bond motifs is 1. The number of rotatable bonds is 5. The zero-order valence-corrected chi connectivity index (χ0v) is 18.5. The number of piperazine rings is 1. The van der Waals surface area contributed by atoms with Crippen molar-refractivity contribution in [3.05, 3.63) is 34.9 Å². The molecule has 0 bridgehead atoms. The van der Waals surface area contributed by atoms with Crippen molar-refractivity contribution >= 4 is 11.8 Å². The molecule has 8 heteroatoms. The fourth-order valence-corrected chi connectivity index (χ4v) is 5.51. The lowest BCUT2D eigenvalue weighted by molar-refractivity contribution is -0.145. The fourth-order valence-electron chi connectivity index (χ4n) is 5.51. The van der Waals surface area contributed by atoms with Crippen LogP contribution in [0.2, 0.25) is 0 Å². The first kappa shape index (κ1) is 22.3. The van der Waals surface area contributed by atoms with Gasteiger partial charge in [0.05, 0.1) is 36.3 Å². The summed E-state index contributed by atoms with van der Waals surface area (Å²) in [5, 5.41) is 18.4. The summed E-state index contributed by atoms with van der Waals surface area (Å²) in [6.45, 7) is 3.88. The van der Waals surface area contributed by atoms with E-state index in [4.69, 9.17) is 5.73 Å². The zero-order valence-electron chi connectivity index (χ0n) is 18.5. The normalized spacial score (nSPS) is 26.5. The van der Waals surface area contributed by atoms with Gasteiger partial charge < -0.3 is 15.5 Å². The van der Waals surface area contributed by atoms with Gasteiger partial charge in [-0.3, -0.25) is 14.5 Å². The van der Waals surface area contributed by atoms with Gasteiger partial charge in [0.1, 0.15) is 6.04 Å². The highest BCUT2D eigenvalue weighted by Gasteiger charge is 2.40. The largest absolute Gasteiger partial charge is 0.330 e. The van der Waals surface area contributed by atoms with Crippen LogP contribution in [0, 0.1) is 22.7 Å². The molecule has 2 aliphatic heterocycles. The third-order valence-corrected chi connectivity index (χ3v) is 7.09. The summed E-state index contributed by atoms with van der Waals surface area (Å²) in [6, 6.07) is 9.09. The van der Waals surface area contributed by atoms with E-state index in [1.807, 2.05) is 28.0 Å². The Balaban J connectivity index is 1.44. The molecule has 4 atom stereocenters. The fraction of sp³-hybridized carbons (Fsp3) is 0.583. The first-order chi connectivity index (χ1) is 15.5. The number of aryl methyl sites for hydroxylation is 1. The van der Waals surface area contributed by atoms with Gasteiger partial charge in [-0.25, -0.2) is 0 Å². The van der Waals surface area contributed by atoms with Gasteiger partial charge in [-0.05, 0) is 55.4 Å². The molecule has 2 saturated heterocycles. The van der Waals surface area contributed by atoms with E-state index in [2.05, 4.69) is 19.1 Å². The van der Waals surface area contributed by atoms with E-state index >= 15 is 0 Å². The van der Waals surface area contributed by atoms with Crippen molar-refractivity contribution in [2.24, 2.45) is 5.73 Å². The molecular weight excluding hydrogens is 404 g/mol. The second-order valence-electron chi connectivity index (χ2n) is 9.06. The zero-order chi connectivity index (χ0) is 22.8. The van der Waals surface area contributed by atoms with Crippen LogP contribution in [0.3, 0.4) is 0 Å². The Labute approximate surface area is 189 Å². The monoisotopic (exact) mass is 434 g/mol. The average molecular weight is 435 g/mol. The van der Waals surface area contributed by atoms with E-state index in [9.17, 15) is 20.1 Å². The van der Waals surface area contributed by atoms with Crippen LogP contribution in [-0.4, -0.2) is 70.8 Å². The highest BCUT2D eigenvalue weighted by Crippen LogP contribution is 2.39. The minimum atomic E-state index is -0.739. The topological polar surface area (TPSA) is 117 Å². The van der Waals surface area contributed by atoms with E-state index in [1.54, 1.807) is 4.90 Å². The van der Waals surface area contributed by atoms with Crippen LogP contribution < -0.4 is 5.73 Å². The first-order valence-electron chi connectivity index (χ1n) is 11.5. The Morgan fingerprint density at radius 1 is 1.31 bits per heavy atom. The van der Waals surface area contributed by atoms with Crippen LogP contribution in [0.5, 0.6) is 0 Å². The van der Waals surface area contributed by atoms with Gasteiger partial charge in [-0.1, -0.05) is 13.0 Å². The number of benzene rings is 1. The maximum atomic E-state index is 13.3. The van der Waals surface area contributed by atoms with Crippen LogP contribution in [0.15, 0.2) is 18.2 Å². The number of nitrogens with zero attached hydrogens (tertiary/aromatic N) is 5. The van der Waals surface area contributed by atoms with Crippen molar-refractivity contribution < 1.29 is 9.59 Å². The molecule has 0 aromatic heterocycles. The van der Waals surface area contributed by atoms with Crippen LogP contribution in [0.4, 0.5) is 0 Å². The Kier molecular flexibility index (Phi) is 6.45. The van der Waals surface area contributed by atoms with Crippen LogP contribution in [-0.2, 0) is 16.0 Å². The molecule has 1 aromatic rings. The molecule has 2 fully saturated rings. The number of carbonyl (C=O) groups is 2. The maximum absolute atomic E-state index is 13.3. The van der Waals surface area contributed by atoms with Gasteiger partial charge in [-0.15, -0.1) is 0 Å². The lowest BCUT2D eigenvalue weighted by Crippen LogP contribution is -2.60. The second kappa shape index (κ2) is 9.28. The summed E-state index contributed by atoms with van der Waals surface area (Å²) in [5.41, 5.74) is 9.19. The van der Waals surface area contributed by atoms with Crippen LogP contribution >= 0.6 is 0 Å². The molecule has 4 rings (SSSR count). The molecule has 2 amide bonds. The van der Waals surface area contributed by atoms with Crippen molar-refractivity contribution in [1.29, 1.82) is 10.5 Å². The van der Waals surface area contributed by atoms with Crippen molar-refractivity contribution in [3.8, 4) is 12.1 Å². The molecule has 0 saturated carbocycles. The minimum absolute atomic E-state index is 0.0358. The highest BCUT2D eigenvalue weighted by atomic mass is 16.2. The van der Waals surface area contributed by atoms with Gasteiger partial charge in [0, 0.05) is 25.7 Å². The molecule has 1 aliphatic carbocycles. The number of hydrogen-bond acceptors (Lipinski definition) is 6. The van der Waals surface area contributed by atoms with Crippen LogP contribution in [0.1, 0.15) is 55.3 Å². The van der Waals surface area contributed by atoms with Gasteiger partial charge >= 0.3 is 0 Å². The third-order valence-electron chi connectivity index (χ3n) is 7.09. The molecule has 0 spiro atoms. The number of carbonyl (C=O) groups excluding carboxylic acids is 2. The Bertz CT molecular complexity index is 980. The standard InChI is InChI=1S/C24H30N6O2/c1-2-18-13-28(14-21(27)24(32)29-9-3-4-19(29)12-26)15-23(31)30(18)22-8-6-17-10-16(11-25)5-7-20(17)22/h5,7,10,18-19,21-22H,2-4,6,8-9,13-15,27H2,1H3/t18-,19?,21?,22?/m0/s1. The van der Waals surface area contributed by atoms with Crippen molar-refractivity contribution in [3.63, 3.8) is 0 Å². The summed E-state index contributed by atoms with van der Waals surface area (Å²) in [5.74, 6) is -0.143. The number of likely N-dealkylation sites (tertiary alicyclic amines) is 1. The van der Waals surface area contributed by atoms with Gasteiger partial charge in [-0.2, -0.15) is 10.5 Å². The molecule has 168 valence electrons. The van der Waals surface area contributed by atoms with E-state index in [0.717, 1.165) is 36.8 Å². The predicted molar refractivity (Wildman–Crippen MR) is 118 cm³/mol. The number of nitrogens with two attached hydrogens (primary N) is 1. The first-order valence-corrected chi connectivity index (χ1v) is 11.5. The maximum Gasteiger partial charge on any atom is 0.241 e. The molecule has 3 aliphatic rings. The molecule has 8 nitrogen and oxygen atoms in total. The van der Waals surface area contributed by atoms with Gasteiger partial charge in [0.15, 0.2) is 0 Å². The van der Waals surface area contributed by atoms with Gasteiger partial charge in [0.25, 0.3) is 0 Å². The molecule has 32 heavy (non-hydrogen) atoms.